The van der Waals surface area contributed by atoms with E-state index in [1.807, 2.05) is 30.3 Å². The molecule has 0 fully saturated rings. The number of para-hydroxylation sites is 2. The zero-order valence-corrected chi connectivity index (χ0v) is 14.9. The Balaban J connectivity index is 1.72. The molecule has 0 radical (unpaired) electrons. The predicted molar refractivity (Wildman–Crippen MR) is 104 cm³/mol. The van der Waals surface area contributed by atoms with Crippen LogP contribution in [0, 0.1) is 14.9 Å². The summed E-state index contributed by atoms with van der Waals surface area (Å²) in [6.45, 7) is 0.183. The third-order valence-electron chi connectivity index (χ3n) is 3.51. The number of H-pyrrole nitrogens is 1. The first-order chi connectivity index (χ1) is 13.1. The summed E-state index contributed by atoms with van der Waals surface area (Å²) < 4.78 is 7.40. The smallest absolute Gasteiger partial charge is 0.276 e. The van der Waals surface area contributed by atoms with Crippen LogP contribution in [0.25, 0.3) is 6.08 Å². The first-order valence-corrected chi connectivity index (χ1v) is 8.34. The van der Waals surface area contributed by atoms with E-state index in [0.717, 1.165) is 0 Å². The Morgan fingerprint density at radius 3 is 2.74 bits per heavy atom. The largest absolute Gasteiger partial charge is 0.486 e. The summed E-state index contributed by atoms with van der Waals surface area (Å²) in [5.74, 6) is 1.21. The molecule has 0 atom stereocenters. The van der Waals surface area contributed by atoms with Crippen molar-refractivity contribution in [2.24, 2.45) is 5.10 Å². The second-order valence-corrected chi connectivity index (χ2v) is 5.68. The molecule has 136 valence electrons. The molecule has 0 saturated carbocycles. The maximum absolute atomic E-state index is 11.0. The van der Waals surface area contributed by atoms with Crippen LogP contribution in [-0.4, -0.2) is 26.0 Å². The van der Waals surface area contributed by atoms with Gasteiger partial charge in [-0.1, -0.05) is 30.3 Å². The van der Waals surface area contributed by atoms with E-state index in [0.29, 0.717) is 21.9 Å². The molecule has 1 heterocycles. The van der Waals surface area contributed by atoms with E-state index in [-0.39, 0.29) is 12.3 Å². The summed E-state index contributed by atoms with van der Waals surface area (Å²) >= 11 is 5.16. The van der Waals surface area contributed by atoms with Crippen LogP contribution in [-0.2, 0) is 6.61 Å². The zero-order chi connectivity index (χ0) is 19.1. The lowest BCUT2D eigenvalue weighted by Gasteiger charge is -2.04. The first kappa shape index (κ1) is 18.2. The van der Waals surface area contributed by atoms with Crippen LogP contribution in [0.3, 0.4) is 0 Å². The standard InChI is InChI=1S/C18H15N5O3S/c24-23(25)16-11-5-4-7-14(16)8-6-12-19-22-17(20-21-18(22)27)13-26-15-9-2-1-3-10-15/h1-12H,13H2,(H,21,27)/b8-6+,19-12-. The third kappa shape index (κ3) is 4.73. The van der Waals surface area contributed by atoms with E-state index >= 15 is 0 Å². The highest BCUT2D eigenvalue weighted by molar-refractivity contribution is 7.71. The fraction of sp³-hybridized carbons (Fsp3) is 0.0556. The molecule has 0 unspecified atom stereocenters. The zero-order valence-electron chi connectivity index (χ0n) is 14.1. The lowest BCUT2D eigenvalue weighted by Crippen LogP contribution is -2.03. The Morgan fingerprint density at radius 2 is 1.96 bits per heavy atom. The molecule has 2 aromatic carbocycles. The third-order valence-corrected chi connectivity index (χ3v) is 3.77. The molecule has 0 aliphatic carbocycles. The molecular formula is C18H15N5O3S. The number of rotatable bonds is 7. The summed E-state index contributed by atoms with van der Waals surface area (Å²) in [4.78, 5) is 10.6. The highest BCUT2D eigenvalue weighted by Crippen LogP contribution is 2.18. The number of nitrogens with one attached hydrogen (secondary N) is 1. The number of aromatic amines is 1. The van der Waals surface area contributed by atoms with Crippen LogP contribution in [0.4, 0.5) is 5.69 Å². The minimum Gasteiger partial charge on any atom is -0.486 e. The van der Waals surface area contributed by atoms with Crippen LogP contribution in [0.1, 0.15) is 11.4 Å². The molecular weight excluding hydrogens is 366 g/mol. The first-order valence-electron chi connectivity index (χ1n) is 7.94. The second-order valence-electron chi connectivity index (χ2n) is 5.30. The Kier molecular flexibility index (Phi) is 5.85. The SMILES string of the molecule is O=[N+]([O-])c1ccccc1/C=C/C=N\n1c(COc2ccccc2)n[nH]c1=S. The molecule has 3 aromatic rings. The fourth-order valence-electron chi connectivity index (χ4n) is 2.25. The Morgan fingerprint density at radius 1 is 1.22 bits per heavy atom. The normalized spacial score (nSPS) is 11.3. The molecule has 0 spiro atoms. The molecule has 0 saturated heterocycles. The van der Waals surface area contributed by atoms with E-state index in [2.05, 4.69) is 15.3 Å². The lowest BCUT2D eigenvalue weighted by atomic mass is 10.2. The number of nitro groups is 1. The van der Waals surface area contributed by atoms with E-state index < -0.39 is 4.92 Å². The topological polar surface area (TPSA) is 98.3 Å². The van der Waals surface area contributed by atoms with Crippen LogP contribution < -0.4 is 4.74 Å². The monoisotopic (exact) mass is 381 g/mol. The van der Waals surface area contributed by atoms with Gasteiger partial charge in [0.15, 0.2) is 5.82 Å². The number of hydrogen-bond acceptors (Lipinski definition) is 6. The molecule has 0 bridgehead atoms. The van der Waals surface area contributed by atoms with Crippen molar-refractivity contribution in [2.75, 3.05) is 0 Å². The number of aromatic nitrogens is 3. The number of hydrogen-bond donors (Lipinski definition) is 1. The van der Waals surface area contributed by atoms with Gasteiger partial charge >= 0.3 is 0 Å². The molecule has 27 heavy (non-hydrogen) atoms. The number of benzene rings is 2. The van der Waals surface area contributed by atoms with Crippen molar-refractivity contribution < 1.29 is 9.66 Å². The van der Waals surface area contributed by atoms with Crippen molar-refractivity contribution >= 4 is 30.2 Å². The van der Waals surface area contributed by atoms with Crippen LogP contribution in [0.15, 0.2) is 65.8 Å². The van der Waals surface area contributed by atoms with Gasteiger partial charge in [-0.2, -0.15) is 14.9 Å². The molecule has 3 rings (SSSR count). The van der Waals surface area contributed by atoms with E-state index in [1.165, 1.54) is 17.0 Å². The van der Waals surface area contributed by atoms with Crippen LogP contribution in [0.2, 0.25) is 0 Å². The summed E-state index contributed by atoms with van der Waals surface area (Å²) in [7, 11) is 0. The lowest BCUT2D eigenvalue weighted by molar-refractivity contribution is -0.385. The summed E-state index contributed by atoms with van der Waals surface area (Å²) in [6.07, 6.45) is 4.68. The van der Waals surface area contributed by atoms with Crippen molar-refractivity contribution in [3.05, 3.63) is 86.9 Å². The van der Waals surface area contributed by atoms with Crippen molar-refractivity contribution in [1.29, 1.82) is 0 Å². The predicted octanol–water partition coefficient (Wildman–Crippen LogP) is 3.98. The van der Waals surface area contributed by atoms with Gasteiger partial charge in [0.1, 0.15) is 12.4 Å². The second kappa shape index (κ2) is 8.68. The minimum absolute atomic E-state index is 0.0269. The minimum atomic E-state index is -0.429. The van der Waals surface area contributed by atoms with Crippen LogP contribution >= 0.6 is 12.2 Å². The van der Waals surface area contributed by atoms with Gasteiger partial charge in [-0.3, -0.25) is 10.1 Å². The van der Waals surface area contributed by atoms with Gasteiger partial charge in [-0.15, -0.1) is 0 Å². The van der Waals surface area contributed by atoms with Gasteiger partial charge in [0.2, 0.25) is 4.77 Å². The van der Waals surface area contributed by atoms with Gasteiger partial charge in [0.25, 0.3) is 5.69 Å². The van der Waals surface area contributed by atoms with Gasteiger partial charge in [0, 0.05) is 12.3 Å². The number of nitro benzene ring substituents is 1. The molecule has 1 aromatic heterocycles. The van der Waals surface area contributed by atoms with Crippen molar-refractivity contribution in [1.82, 2.24) is 14.9 Å². The molecule has 0 amide bonds. The maximum atomic E-state index is 11.0. The highest BCUT2D eigenvalue weighted by atomic mass is 32.1. The summed E-state index contributed by atoms with van der Waals surface area (Å²) in [5, 5.41) is 22.0. The van der Waals surface area contributed by atoms with Crippen molar-refractivity contribution in [3.8, 4) is 5.75 Å². The summed E-state index contributed by atoms with van der Waals surface area (Å²) in [5.41, 5.74) is 0.511. The number of nitrogens with zero attached hydrogens (tertiary/aromatic N) is 4. The van der Waals surface area contributed by atoms with Crippen molar-refractivity contribution in [3.63, 3.8) is 0 Å². The van der Waals surface area contributed by atoms with Crippen LogP contribution in [0.5, 0.6) is 5.75 Å². The van der Waals surface area contributed by atoms with E-state index in [9.17, 15) is 10.1 Å². The van der Waals surface area contributed by atoms with E-state index in [4.69, 9.17) is 17.0 Å². The maximum Gasteiger partial charge on any atom is 0.276 e. The number of allylic oxidation sites excluding steroid dienone is 1. The molecule has 8 nitrogen and oxygen atoms in total. The van der Waals surface area contributed by atoms with Gasteiger partial charge < -0.3 is 4.74 Å². The molecule has 1 N–H and O–H groups in total. The Labute approximate surface area is 159 Å². The quantitative estimate of drug-likeness (QED) is 0.289. The number of ether oxygens (including phenoxy) is 1. The Hall–Kier alpha value is -3.59. The van der Waals surface area contributed by atoms with Gasteiger partial charge in [-0.25, -0.2) is 5.10 Å². The fourth-order valence-corrected chi connectivity index (χ4v) is 2.45. The van der Waals surface area contributed by atoms with Gasteiger partial charge in [0.05, 0.1) is 10.5 Å². The highest BCUT2D eigenvalue weighted by Gasteiger charge is 2.09. The van der Waals surface area contributed by atoms with E-state index in [1.54, 1.807) is 30.4 Å². The average Bonchev–Trinajstić information content (AvgIpc) is 3.04. The summed E-state index contributed by atoms with van der Waals surface area (Å²) in [6, 6.07) is 15.8. The Bertz CT molecular complexity index is 1040. The molecule has 0 aliphatic heterocycles. The molecule has 9 heteroatoms. The molecule has 0 aliphatic rings. The van der Waals surface area contributed by atoms with Crippen molar-refractivity contribution in [2.45, 2.75) is 6.61 Å². The van der Waals surface area contributed by atoms with Gasteiger partial charge in [-0.05, 0) is 42.6 Å². The average molecular weight is 381 g/mol.